The van der Waals surface area contributed by atoms with Gasteiger partial charge in [-0.15, -0.1) is 0 Å². The molecule has 0 aliphatic carbocycles. The number of alkyl halides is 1. The normalized spacial score (nSPS) is 17.1. The van der Waals surface area contributed by atoms with Crippen LogP contribution in [0.4, 0.5) is 10.2 Å². The van der Waals surface area contributed by atoms with Gasteiger partial charge in [0.2, 0.25) is 11.8 Å². The maximum Gasteiger partial charge on any atom is 0.248 e. The third-order valence-electron chi connectivity index (χ3n) is 6.50. The van der Waals surface area contributed by atoms with Crippen molar-refractivity contribution in [3.8, 4) is 11.3 Å². The molecule has 0 bridgehead atoms. The van der Waals surface area contributed by atoms with Crippen molar-refractivity contribution in [2.45, 2.75) is 39.0 Å². The average Bonchev–Trinajstić information content (AvgIpc) is 3.45. The maximum absolute atomic E-state index is 14.4. The molecule has 1 aliphatic heterocycles. The lowest BCUT2D eigenvalue weighted by Gasteiger charge is -2.24. The number of hydrogen-bond donors (Lipinski definition) is 1. The molecule has 1 fully saturated rings. The van der Waals surface area contributed by atoms with Crippen molar-refractivity contribution in [2.24, 2.45) is 0 Å². The number of rotatable bonds is 6. The first-order valence-electron chi connectivity index (χ1n) is 12.0. The van der Waals surface area contributed by atoms with E-state index < -0.39 is 24.0 Å². The Balaban J connectivity index is 1.41. The van der Waals surface area contributed by atoms with Gasteiger partial charge in [0.1, 0.15) is 29.2 Å². The molecule has 1 aromatic carbocycles. The number of nitrogens with one attached hydrogen (secondary N) is 1. The monoisotopic (exact) mass is 578 g/mol. The quantitative estimate of drug-likeness (QED) is 0.269. The summed E-state index contributed by atoms with van der Waals surface area (Å²) < 4.78 is 16.6. The molecule has 4 aromatic rings. The zero-order valence-electron chi connectivity index (χ0n) is 20.7. The predicted octanol–water partition coefficient (Wildman–Crippen LogP) is 4.34. The second-order valence-electron chi connectivity index (χ2n) is 9.25. The number of likely N-dealkylation sites (tertiary alicyclic amines) is 1. The first-order valence-corrected chi connectivity index (χ1v) is 12.8. The number of carbonyl (C=O) groups is 3. The molecule has 9 nitrogen and oxygen atoms in total. The molecule has 0 saturated carbocycles. The van der Waals surface area contributed by atoms with E-state index >= 15 is 0 Å². The summed E-state index contributed by atoms with van der Waals surface area (Å²) in [6.45, 7) is 2.98. The molecule has 1 aliphatic rings. The fourth-order valence-electron chi connectivity index (χ4n) is 4.65. The summed E-state index contributed by atoms with van der Waals surface area (Å²) in [5.74, 6) is -0.782. The summed E-state index contributed by atoms with van der Waals surface area (Å²) in [6, 6.07) is 13.3. The van der Waals surface area contributed by atoms with Crippen LogP contribution in [0.25, 0.3) is 22.2 Å². The number of ketones is 1. The minimum absolute atomic E-state index is 0.0996. The lowest BCUT2D eigenvalue weighted by molar-refractivity contribution is -0.137. The van der Waals surface area contributed by atoms with Gasteiger partial charge in [0.05, 0.1) is 17.9 Å². The zero-order valence-corrected chi connectivity index (χ0v) is 22.3. The SMILES string of the molecule is CC(=O)c1cn(CC(=O)N2C[C@H](F)C[C@H]2C(=O)Nc2cccc(Br)n2)c2ccc(-c3ccc(C)nn3)cc12. The second kappa shape index (κ2) is 10.4. The van der Waals surface area contributed by atoms with Gasteiger partial charge in [0.15, 0.2) is 5.78 Å². The van der Waals surface area contributed by atoms with Crippen LogP contribution in [0.5, 0.6) is 0 Å². The van der Waals surface area contributed by atoms with Gasteiger partial charge in [-0.25, -0.2) is 9.37 Å². The average molecular weight is 579 g/mol. The van der Waals surface area contributed by atoms with E-state index in [1.54, 1.807) is 29.0 Å². The van der Waals surface area contributed by atoms with Crippen LogP contribution in [-0.2, 0) is 16.1 Å². The van der Waals surface area contributed by atoms with Gasteiger partial charge in [-0.3, -0.25) is 14.4 Å². The van der Waals surface area contributed by atoms with Crippen molar-refractivity contribution in [3.63, 3.8) is 0 Å². The Labute approximate surface area is 226 Å². The van der Waals surface area contributed by atoms with Crippen molar-refractivity contribution < 1.29 is 18.8 Å². The highest BCUT2D eigenvalue weighted by Gasteiger charge is 2.40. The van der Waals surface area contributed by atoms with Crippen LogP contribution in [0.2, 0.25) is 0 Å². The first kappa shape index (κ1) is 25.7. The molecule has 3 aromatic heterocycles. The first-order chi connectivity index (χ1) is 18.2. The summed E-state index contributed by atoms with van der Waals surface area (Å²) in [5, 5.41) is 11.7. The molecule has 11 heteroatoms. The number of Topliss-reactive ketones (excluding diaryl/α,β-unsaturated/α-hetero) is 1. The fourth-order valence-corrected chi connectivity index (χ4v) is 5.00. The van der Waals surface area contributed by atoms with Gasteiger partial charge in [-0.1, -0.05) is 12.1 Å². The van der Waals surface area contributed by atoms with Gasteiger partial charge in [0.25, 0.3) is 0 Å². The van der Waals surface area contributed by atoms with Gasteiger partial charge >= 0.3 is 0 Å². The Morgan fingerprint density at radius 3 is 2.66 bits per heavy atom. The molecule has 0 radical (unpaired) electrons. The Hall–Kier alpha value is -3.99. The molecule has 2 amide bonds. The Kier molecular flexibility index (Phi) is 7.02. The molecule has 0 spiro atoms. The van der Waals surface area contributed by atoms with Crippen LogP contribution in [0.3, 0.4) is 0 Å². The van der Waals surface area contributed by atoms with Crippen LogP contribution in [0.1, 0.15) is 29.4 Å². The number of aryl methyl sites for hydroxylation is 1. The molecule has 1 saturated heterocycles. The number of aromatic nitrogens is 4. The minimum atomic E-state index is -1.32. The second-order valence-corrected chi connectivity index (χ2v) is 10.1. The Morgan fingerprint density at radius 2 is 1.95 bits per heavy atom. The molecular weight excluding hydrogens is 555 g/mol. The van der Waals surface area contributed by atoms with Crippen LogP contribution in [0.15, 0.2) is 59.3 Å². The zero-order chi connectivity index (χ0) is 27.0. The largest absolute Gasteiger partial charge is 0.337 e. The Morgan fingerprint density at radius 1 is 1.13 bits per heavy atom. The lowest BCUT2D eigenvalue weighted by Crippen LogP contribution is -2.44. The van der Waals surface area contributed by atoms with E-state index in [0.29, 0.717) is 32.6 Å². The number of hydrogen-bond acceptors (Lipinski definition) is 6. The molecule has 4 heterocycles. The van der Waals surface area contributed by atoms with Crippen molar-refractivity contribution in [1.82, 2.24) is 24.6 Å². The van der Waals surface area contributed by atoms with E-state index in [4.69, 9.17) is 0 Å². The van der Waals surface area contributed by atoms with E-state index in [2.05, 4.69) is 36.4 Å². The Bertz CT molecular complexity index is 1550. The van der Waals surface area contributed by atoms with E-state index in [1.807, 2.05) is 37.3 Å². The van der Waals surface area contributed by atoms with Crippen LogP contribution in [0, 0.1) is 6.92 Å². The summed E-state index contributed by atoms with van der Waals surface area (Å²) in [4.78, 5) is 44.2. The molecule has 1 N–H and O–H groups in total. The number of nitrogens with zero attached hydrogens (tertiary/aromatic N) is 5. The number of amides is 2. The fraction of sp³-hybridized carbons (Fsp3) is 0.259. The smallest absolute Gasteiger partial charge is 0.248 e. The maximum atomic E-state index is 14.4. The highest BCUT2D eigenvalue weighted by Crippen LogP contribution is 2.29. The van der Waals surface area contributed by atoms with Crippen LogP contribution >= 0.6 is 15.9 Å². The van der Waals surface area contributed by atoms with Crippen molar-refractivity contribution in [3.05, 3.63) is 70.6 Å². The molecular formula is C27H24BrFN6O3. The molecule has 38 heavy (non-hydrogen) atoms. The van der Waals surface area contributed by atoms with Crippen LogP contribution < -0.4 is 5.32 Å². The molecule has 194 valence electrons. The summed E-state index contributed by atoms with van der Waals surface area (Å²) in [6.07, 6.45) is 0.203. The van der Waals surface area contributed by atoms with Gasteiger partial charge in [-0.2, -0.15) is 10.2 Å². The van der Waals surface area contributed by atoms with E-state index in [1.165, 1.54) is 11.8 Å². The number of anilines is 1. The summed E-state index contributed by atoms with van der Waals surface area (Å²) in [7, 11) is 0. The third-order valence-corrected chi connectivity index (χ3v) is 6.94. The van der Waals surface area contributed by atoms with Gasteiger partial charge in [0, 0.05) is 34.6 Å². The number of carbonyl (C=O) groups excluding carboxylic acids is 3. The standard InChI is InChI=1S/C27H24BrFN6O3/c1-15-6-8-21(33-32-15)17-7-9-22-19(10-17)20(16(2)36)13-34(22)14-26(37)35-12-18(29)11-23(35)27(38)31-25-5-3-4-24(28)30-25/h3-10,13,18,23H,11-12,14H2,1-2H3,(H,30,31,38)/t18-,23+/m1/s1. The summed E-state index contributed by atoms with van der Waals surface area (Å²) in [5.41, 5.74) is 3.36. The highest BCUT2D eigenvalue weighted by atomic mass is 79.9. The van der Waals surface area contributed by atoms with Crippen molar-refractivity contribution in [1.29, 1.82) is 0 Å². The molecule has 0 unspecified atom stereocenters. The van der Waals surface area contributed by atoms with Crippen molar-refractivity contribution in [2.75, 3.05) is 11.9 Å². The van der Waals surface area contributed by atoms with E-state index in [0.717, 1.165) is 11.3 Å². The van der Waals surface area contributed by atoms with Gasteiger partial charge < -0.3 is 14.8 Å². The third kappa shape index (κ3) is 5.19. The minimum Gasteiger partial charge on any atom is -0.337 e. The van der Waals surface area contributed by atoms with E-state index in [9.17, 15) is 18.8 Å². The highest BCUT2D eigenvalue weighted by molar-refractivity contribution is 9.10. The number of halogens is 2. The van der Waals surface area contributed by atoms with Crippen molar-refractivity contribution >= 4 is 50.2 Å². The summed E-state index contributed by atoms with van der Waals surface area (Å²) >= 11 is 3.25. The number of pyridine rings is 1. The topological polar surface area (TPSA) is 110 Å². The predicted molar refractivity (Wildman–Crippen MR) is 143 cm³/mol. The van der Waals surface area contributed by atoms with Gasteiger partial charge in [-0.05, 0) is 66.2 Å². The molecule has 2 atom stereocenters. The lowest BCUT2D eigenvalue weighted by atomic mass is 10.1. The molecule has 5 rings (SSSR count). The van der Waals surface area contributed by atoms with Crippen LogP contribution in [-0.4, -0.2) is 61.0 Å². The number of fused-ring (bicyclic) bond motifs is 1. The van der Waals surface area contributed by atoms with E-state index in [-0.39, 0.29) is 25.3 Å². The number of benzene rings is 1.